The Morgan fingerprint density at radius 3 is 2.41 bits per heavy atom. The van der Waals surface area contributed by atoms with Crippen LogP contribution in [0.3, 0.4) is 0 Å². The third kappa shape index (κ3) is 5.11. The van der Waals surface area contributed by atoms with Gasteiger partial charge in [0.25, 0.3) is 0 Å². The van der Waals surface area contributed by atoms with Crippen molar-refractivity contribution in [2.75, 3.05) is 20.3 Å². The summed E-state index contributed by atoms with van der Waals surface area (Å²) < 4.78 is 5.07. The number of benzene rings is 1. The number of hydrogen-bond acceptors (Lipinski definition) is 5. The molecule has 2 heterocycles. The first kappa shape index (κ1) is 20.5. The summed E-state index contributed by atoms with van der Waals surface area (Å²) in [6, 6.07) is 5.51. The summed E-state index contributed by atoms with van der Waals surface area (Å²) in [4.78, 5) is 12.9. The number of hydrogen-bond donors (Lipinski definition) is 2. The molecule has 27 heavy (non-hydrogen) atoms. The van der Waals surface area contributed by atoms with Crippen molar-refractivity contribution in [3.63, 3.8) is 0 Å². The molecular weight excluding hydrogens is 344 g/mol. The Morgan fingerprint density at radius 2 is 1.93 bits per heavy atom. The van der Waals surface area contributed by atoms with Crippen LogP contribution in [0.25, 0.3) is 0 Å². The molecular formula is C21H26N2O4. The lowest BCUT2D eigenvalue weighted by atomic mass is 9.93. The van der Waals surface area contributed by atoms with E-state index in [0.717, 1.165) is 29.9 Å². The maximum Gasteiger partial charge on any atom is 0.339 e. The minimum atomic E-state index is -1.17. The number of aliphatic carboxylic acids is 1. The summed E-state index contributed by atoms with van der Waals surface area (Å²) in [5.74, 6) is -1.45. The molecule has 0 saturated carbocycles. The number of aliphatic hydroxyl groups excluding tert-OH is 1. The smallest absolute Gasteiger partial charge is 0.339 e. The summed E-state index contributed by atoms with van der Waals surface area (Å²) in [7, 11) is 1.75. The van der Waals surface area contributed by atoms with E-state index < -0.39 is 5.97 Å². The molecule has 0 aromatic heterocycles. The Morgan fingerprint density at radius 1 is 1.26 bits per heavy atom. The molecule has 6 nitrogen and oxygen atoms in total. The van der Waals surface area contributed by atoms with Crippen LogP contribution in [0, 0.1) is 25.2 Å². The van der Waals surface area contributed by atoms with Crippen LogP contribution >= 0.6 is 0 Å². The highest BCUT2D eigenvalue weighted by Crippen LogP contribution is 2.31. The highest BCUT2D eigenvalue weighted by Gasteiger charge is 2.25. The Labute approximate surface area is 160 Å². The molecule has 6 heteroatoms. The number of nitrogens with zero attached hydrogens (tertiary/aromatic N) is 2. The van der Waals surface area contributed by atoms with Gasteiger partial charge in [-0.2, -0.15) is 5.26 Å². The average Bonchev–Trinajstić information content (AvgIpc) is 2.65. The normalized spacial score (nSPS) is 19.2. The molecule has 3 rings (SSSR count). The van der Waals surface area contributed by atoms with Crippen LogP contribution in [0.2, 0.25) is 0 Å². The zero-order valence-electron chi connectivity index (χ0n) is 16.0. The van der Waals surface area contributed by atoms with Crippen LogP contribution in [0.4, 0.5) is 0 Å². The highest BCUT2D eigenvalue weighted by atomic mass is 16.5. The van der Waals surface area contributed by atoms with E-state index >= 15 is 0 Å². The molecule has 2 aliphatic heterocycles. The molecule has 1 aromatic carbocycles. The fourth-order valence-corrected chi connectivity index (χ4v) is 3.08. The van der Waals surface area contributed by atoms with Gasteiger partial charge in [-0.15, -0.1) is 0 Å². The van der Waals surface area contributed by atoms with Crippen molar-refractivity contribution >= 4 is 5.97 Å². The molecule has 0 amide bonds. The first-order valence-electron chi connectivity index (χ1n) is 9.02. The van der Waals surface area contributed by atoms with E-state index in [9.17, 15) is 15.2 Å². The molecule has 0 radical (unpaired) electrons. The summed E-state index contributed by atoms with van der Waals surface area (Å²) in [6.07, 6.45) is 6.80. The van der Waals surface area contributed by atoms with Crippen LogP contribution < -0.4 is 0 Å². The van der Waals surface area contributed by atoms with E-state index in [2.05, 4.69) is 6.07 Å². The van der Waals surface area contributed by atoms with Gasteiger partial charge in [-0.05, 0) is 61.9 Å². The predicted octanol–water partition coefficient (Wildman–Crippen LogP) is 3.76. The van der Waals surface area contributed by atoms with Gasteiger partial charge in [0.2, 0.25) is 0 Å². The maximum atomic E-state index is 11.2. The molecule has 0 spiro atoms. The van der Waals surface area contributed by atoms with E-state index in [1.54, 1.807) is 18.0 Å². The van der Waals surface area contributed by atoms with Gasteiger partial charge in [-0.1, -0.05) is 6.07 Å². The van der Waals surface area contributed by atoms with Crippen molar-refractivity contribution in [2.45, 2.75) is 39.2 Å². The van der Waals surface area contributed by atoms with Crippen molar-refractivity contribution in [2.24, 2.45) is 0 Å². The molecule has 1 atom stereocenters. The second kappa shape index (κ2) is 9.24. The van der Waals surface area contributed by atoms with Crippen molar-refractivity contribution in [3.05, 3.63) is 58.0 Å². The van der Waals surface area contributed by atoms with Crippen molar-refractivity contribution in [3.8, 4) is 6.07 Å². The zero-order valence-corrected chi connectivity index (χ0v) is 16.0. The second-order valence-electron chi connectivity index (χ2n) is 6.81. The van der Waals surface area contributed by atoms with Crippen LogP contribution in [-0.4, -0.2) is 41.3 Å². The van der Waals surface area contributed by atoms with Gasteiger partial charge in [0.05, 0.1) is 17.7 Å². The molecule has 0 bridgehead atoms. The fourth-order valence-electron chi connectivity index (χ4n) is 3.08. The van der Waals surface area contributed by atoms with Gasteiger partial charge in [0, 0.05) is 26.5 Å². The number of aliphatic hydroxyl groups is 1. The molecule has 1 aromatic rings. The summed E-state index contributed by atoms with van der Waals surface area (Å²) in [6.45, 7) is 5.80. The second-order valence-corrected chi connectivity index (χ2v) is 6.81. The van der Waals surface area contributed by atoms with E-state index in [0.29, 0.717) is 5.56 Å². The number of carboxylic acid groups (broad SMARTS) is 1. The van der Waals surface area contributed by atoms with Crippen LogP contribution in [-0.2, 0) is 9.53 Å². The van der Waals surface area contributed by atoms with E-state index in [1.807, 2.05) is 19.9 Å². The highest BCUT2D eigenvalue weighted by molar-refractivity contribution is 5.91. The number of rotatable bonds is 2. The predicted molar refractivity (Wildman–Crippen MR) is 102 cm³/mol. The Balaban J connectivity index is 0.000000369. The molecule has 2 N–H and O–H groups in total. The van der Waals surface area contributed by atoms with E-state index in [1.165, 1.54) is 31.5 Å². The lowest BCUT2D eigenvalue weighted by Gasteiger charge is -2.29. The molecule has 1 unspecified atom stereocenters. The zero-order chi connectivity index (χ0) is 20.0. The lowest BCUT2D eigenvalue weighted by molar-refractivity contribution is -0.132. The summed E-state index contributed by atoms with van der Waals surface area (Å²) in [5.41, 5.74) is 3.15. The third-order valence-electron chi connectivity index (χ3n) is 4.82. The number of carbonyl (C=O) groups is 1. The van der Waals surface area contributed by atoms with Crippen molar-refractivity contribution in [1.29, 1.82) is 5.26 Å². The van der Waals surface area contributed by atoms with Gasteiger partial charge in [0.1, 0.15) is 11.3 Å². The van der Waals surface area contributed by atoms with Crippen LogP contribution in [0.5, 0.6) is 0 Å². The maximum absolute atomic E-state index is 11.2. The van der Waals surface area contributed by atoms with Crippen molar-refractivity contribution < 1.29 is 19.7 Å². The molecule has 144 valence electrons. The standard InChI is InChI=1S/C16H16N2O3.C5H10O/c1-9-4-11(5-12(7-17)10(9)2)14-6-13(16(20)21)15(19)8-18(14)3;1-2-4-6-5-3-1/h4-6,8,14,19H,1-3H3,(H,20,21);1-5H2. The topological polar surface area (TPSA) is 93.8 Å². The Hall–Kier alpha value is -2.78. The first-order chi connectivity index (χ1) is 12.8. The van der Waals surface area contributed by atoms with Crippen molar-refractivity contribution in [1.82, 2.24) is 4.90 Å². The molecule has 0 aliphatic carbocycles. The van der Waals surface area contributed by atoms with E-state index in [4.69, 9.17) is 9.84 Å². The number of nitriles is 1. The minimum absolute atomic E-state index is 0.130. The lowest BCUT2D eigenvalue weighted by Crippen LogP contribution is -2.24. The number of likely N-dealkylation sites (N-methyl/N-ethyl adjacent to an activating group) is 1. The monoisotopic (exact) mass is 370 g/mol. The molecule has 1 fully saturated rings. The third-order valence-corrected chi connectivity index (χ3v) is 4.82. The van der Waals surface area contributed by atoms with Gasteiger partial charge in [-0.25, -0.2) is 4.79 Å². The van der Waals surface area contributed by atoms with Gasteiger partial charge >= 0.3 is 5.97 Å². The largest absolute Gasteiger partial charge is 0.506 e. The van der Waals surface area contributed by atoms with E-state index in [-0.39, 0.29) is 17.4 Å². The summed E-state index contributed by atoms with van der Waals surface area (Å²) >= 11 is 0. The Kier molecular flexibility index (Phi) is 7.03. The number of carboxylic acids is 1. The Bertz CT molecular complexity index is 790. The SMILES string of the molecule is C1CCOCC1.Cc1cc(C2C=C(C(=O)O)C(O)=CN2C)cc(C#N)c1C. The number of aryl methyl sites for hydroxylation is 1. The van der Waals surface area contributed by atoms with Gasteiger partial charge < -0.3 is 19.8 Å². The quantitative estimate of drug-likeness (QED) is 0.823. The average molecular weight is 370 g/mol. The first-order valence-corrected chi connectivity index (χ1v) is 9.02. The van der Waals surface area contributed by atoms with Gasteiger partial charge in [0.15, 0.2) is 0 Å². The fraction of sp³-hybridized carbons (Fsp3) is 0.429. The minimum Gasteiger partial charge on any atom is -0.506 e. The van der Waals surface area contributed by atoms with Gasteiger partial charge in [-0.3, -0.25) is 0 Å². The molecule has 2 aliphatic rings. The number of ether oxygens (including phenoxy) is 1. The summed E-state index contributed by atoms with van der Waals surface area (Å²) in [5, 5.41) is 28.0. The van der Waals surface area contributed by atoms with Crippen LogP contribution in [0.15, 0.2) is 35.7 Å². The molecule has 1 saturated heterocycles. The van der Waals surface area contributed by atoms with Crippen LogP contribution in [0.1, 0.15) is 47.6 Å².